The van der Waals surface area contributed by atoms with Crippen molar-refractivity contribution >= 4 is 21.7 Å². The number of anilines is 1. The average molecular weight is 270 g/mol. The van der Waals surface area contributed by atoms with Gasteiger partial charge < -0.3 is 0 Å². The second kappa shape index (κ2) is 3.96. The number of hydrogen-bond acceptors (Lipinski definition) is 4. The molecular weight excluding hydrogens is 256 g/mol. The van der Waals surface area contributed by atoms with E-state index in [0.717, 1.165) is 0 Å². The van der Waals surface area contributed by atoms with E-state index < -0.39 is 15.5 Å². The molecule has 1 aliphatic heterocycles. The number of carbonyl (C=O) groups is 1. The first-order chi connectivity index (χ1) is 8.20. The Hall–Kier alpha value is -1.60. The van der Waals surface area contributed by atoms with Crippen LogP contribution in [0.3, 0.4) is 0 Å². The highest BCUT2D eigenvalue weighted by Crippen LogP contribution is 2.27. The molecule has 1 fully saturated rings. The van der Waals surface area contributed by atoms with Gasteiger partial charge in [0.15, 0.2) is 0 Å². The highest BCUT2D eigenvalue weighted by Gasteiger charge is 2.38. The van der Waals surface area contributed by atoms with Crippen molar-refractivity contribution in [1.29, 1.82) is 0 Å². The van der Waals surface area contributed by atoms with Crippen molar-refractivity contribution in [3.05, 3.63) is 24.3 Å². The summed E-state index contributed by atoms with van der Waals surface area (Å²) in [6, 6.07) is 5.78. The van der Waals surface area contributed by atoms with Crippen LogP contribution in [0.4, 0.5) is 5.69 Å². The summed E-state index contributed by atoms with van der Waals surface area (Å²) in [6.45, 7) is 4.03. The van der Waals surface area contributed by atoms with E-state index in [1.165, 1.54) is 18.2 Å². The summed E-state index contributed by atoms with van der Waals surface area (Å²) >= 11 is 0. The van der Waals surface area contributed by atoms with E-state index in [1.54, 1.807) is 24.9 Å². The fraction of sp³-hybridized carbons (Fsp3) is 0.364. The van der Waals surface area contributed by atoms with Crippen LogP contribution in [-0.4, -0.2) is 25.4 Å². The molecule has 0 spiro atoms. The van der Waals surface area contributed by atoms with Gasteiger partial charge in [0.25, 0.3) is 10.1 Å². The lowest BCUT2D eigenvalue weighted by molar-refractivity contribution is -0.125. The molecule has 2 N–H and O–H groups in total. The molecule has 1 heterocycles. The molecule has 0 bridgehead atoms. The van der Waals surface area contributed by atoms with Crippen molar-refractivity contribution in [2.45, 2.75) is 18.7 Å². The lowest BCUT2D eigenvalue weighted by Gasteiger charge is -2.19. The molecule has 0 radical (unpaired) electrons. The molecule has 1 amide bonds. The van der Waals surface area contributed by atoms with Crippen molar-refractivity contribution in [1.82, 2.24) is 5.43 Å². The number of rotatable bonds is 2. The van der Waals surface area contributed by atoms with Crippen molar-refractivity contribution in [2.75, 3.05) is 11.6 Å². The largest absolute Gasteiger partial charge is 0.294 e. The number of benzene rings is 1. The van der Waals surface area contributed by atoms with E-state index in [2.05, 4.69) is 5.43 Å². The molecule has 0 unspecified atom stereocenters. The summed E-state index contributed by atoms with van der Waals surface area (Å²) in [5.41, 5.74) is 2.64. The van der Waals surface area contributed by atoms with Crippen LogP contribution < -0.4 is 10.4 Å². The number of nitrogens with zero attached hydrogens (tertiary/aromatic N) is 1. The van der Waals surface area contributed by atoms with Crippen molar-refractivity contribution in [2.24, 2.45) is 5.41 Å². The Morgan fingerprint density at radius 1 is 1.39 bits per heavy atom. The molecule has 1 aromatic rings. The molecule has 0 aromatic heterocycles. The Morgan fingerprint density at radius 3 is 2.56 bits per heavy atom. The fourth-order valence-electron chi connectivity index (χ4n) is 1.75. The van der Waals surface area contributed by atoms with Gasteiger partial charge in [0.2, 0.25) is 5.91 Å². The molecule has 0 saturated carbocycles. The fourth-order valence-corrected chi connectivity index (χ4v) is 2.27. The number of hydrogen-bond donors (Lipinski definition) is 2. The number of hydrazine groups is 1. The van der Waals surface area contributed by atoms with Crippen LogP contribution in [-0.2, 0) is 14.9 Å². The zero-order valence-corrected chi connectivity index (χ0v) is 10.9. The van der Waals surface area contributed by atoms with E-state index in [4.69, 9.17) is 4.55 Å². The van der Waals surface area contributed by atoms with Crippen LogP contribution in [0.5, 0.6) is 0 Å². The van der Waals surface area contributed by atoms with Crippen molar-refractivity contribution in [3.8, 4) is 0 Å². The number of carbonyl (C=O) groups excluding carboxylic acids is 1. The summed E-state index contributed by atoms with van der Waals surface area (Å²) in [7, 11) is -4.24. The topological polar surface area (TPSA) is 86.7 Å². The van der Waals surface area contributed by atoms with Gasteiger partial charge in [-0.05, 0) is 32.0 Å². The van der Waals surface area contributed by atoms with Gasteiger partial charge in [0, 0.05) is 0 Å². The molecule has 0 atom stereocenters. The number of nitrogens with one attached hydrogen (secondary N) is 1. The summed E-state index contributed by atoms with van der Waals surface area (Å²) in [5, 5.41) is 1.57. The van der Waals surface area contributed by atoms with Crippen LogP contribution in [0, 0.1) is 5.41 Å². The SMILES string of the molecule is CC1(C)CN(c2cccc(S(=O)(=O)O)c2)NC1=O. The maximum absolute atomic E-state index is 11.6. The molecule has 6 nitrogen and oxygen atoms in total. The monoisotopic (exact) mass is 270 g/mol. The Bertz CT molecular complexity index is 595. The van der Waals surface area contributed by atoms with Gasteiger partial charge in [-0.2, -0.15) is 8.42 Å². The first kappa shape index (κ1) is 12.8. The third-order valence-electron chi connectivity index (χ3n) is 2.83. The predicted octanol–water partition coefficient (Wildman–Crippen LogP) is 0.811. The smallest absolute Gasteiger partial charge is 0.284 e. The van der Waals surface area contributed by atoms with Crippen molar-refractivity contribution in [3.63, 3.8) is 0 Å². The zero-order valence-electron chi connectivity index (χ0n) is 10.0. The second-order valence-corrected chi connectivity index (χ2v) is 6.30. The van der Waals surface area contributed by atoms with Gasteiger partial charge in [0.1, 0.15) is 0 Å². The van der Waals surface area contributed by atoms with E-state index in [1.807, 2.05) is 0 Å². The highest BCUT2D eigenvalue weighted by atomic mass is 32.2. The number of amides is 1. The van der Waals surface area contributed by atoms with Gasteiger partial charge in [-0.1, -0.05) is 6.07 Å². The quantitative estimate of drug-likeness (QED) is 0.777. The summed E-state index contributed by atoms with van der Waals surface area (Å²) in [4.78, 5) is 11.4. The molecule has 98 valence electrons. The Labute approximate surface area is 105 Å². The van der Waals surface area contributed by atoms with Gasteiger partial charge in [0.05, 0.1) is 22.5 Å². The average Bonchev–Trinajstić information content (AvgIpc) is 2.53. The molecule has 18 heavy (non-hydrogen) atoms. The minimum Gasteiger partial charge on any atom is -0.284 e. The zero-order chi connectivity index (χ0) is 13.6. The molecule has 1 aliphatic rings. The van der Waals surface area contributed by atoms with E-state index in [0.29, 0.717) is 12.2 Å². The molecule has 1 saturated heterocycles. The van der Waals surface area contributed by atoms with Crippen LogP contribution in [0.25, 0.3) is 0 Å². The van der Waals surface area contributed by atoms with Gasteiger partial charge >= 0.3 is 0 Å². The maximum Gasteiger partial charge on any atom is 0.294 e. The summed E-state index contributed by atoms with van der Waals surface area (Å²) < 4.78 is 31.1. The molecule has 0 aliphatic carbocycles. The van der Waals surface area contributed by atoms with E-state index >= 15 is 0 Å². The maximum atomic E-state index is 11.6. The molecule has 1 aromatic carbocycles. The minimum absolute atomic E-state index is 0.125. The van der Waals surface area contributed by atoms with Crippen LogP contribution in [0.1, 0.15) is 13.8 Å². The van der Waals surface area contributed by atoms with Crippen LogP contribution in [0.2, 0.25) is 0 Å². The second-order valence-electron chi connectivity index (χ2n) is 4.88. The Balaban J connectivity index is 2.34. The lowest BCUT2D eigenvalue weighted by Crippen LogP contribution is -2.33. The standard InChI is InChI=1S/C11H14N2O4S/c1-11(2)7-13(12-10(11)14)8-4-3-5-9(6-8)18(15,16)17/h3-6H,7H2,1-2H3,(H,12,14)(H,15,16,17). The van der Waals surface area contributed by atoms with Gasteiger partial charge in [-0.15, -0.1) is 0 Å². The Morgan fingerprint density at radius 2 is 2.06 bits per heavy atom. The normalized spacial score (nSPS) is 18.8. The van der Waals surface area contributed by atoms with Gasteiger partial charge in [-0.3, -0.25) is 19.8 Å². The minimum atomic E-state index is -4.24. The van der Waals surface area contributed by atoms with Gasteiger partial charge in [-0.25, -0.2) is 0 Å². The molecule has 7 heteroatoms. The van der Waals surface area contributed by atoms with E-state index in [-0.39, 0.29) is 10.8 Å². The molecule has 2 rings (SSSR count). The van der Waals surface area contributed by atoms with E-state index in [9.17, 15) is 13.2 Å². The molecular formula is C11H14N2O4S. The first-order valence-electron chi connectivity index (χ1n) is 5.36. The Kier molecular flexibility index (Phi) is 2.83. The highest BCUT2D eigenvalue weighted by molar-refractivity contribution is 7.85. The third kappa shape index (κ3) is 2.32. The first-order valence-corrected chi connectivity index (χ1v) is 6.80. The van der Waals surface area contributed by atoms with Crippen LogP contribution >= 0.6 is 0 Å². The lowest BCUT2D eigenvalue weighted by atomic mass is 9.94. The van der Waals surface area contributed by atoms with Crippen LogP contribution in [0.15, 0.2) is 29.2 Å². The third-order valence-corrected chi connectivity index (χ3v) is 3.68. The predicted molar refractivity (Wildman–Crippen MR) is 65.5 cm³/mol. The summed E-state index contributed by atoms with van der Waals surface area (Å²) in [6.07, 6.45) is 0. The van der Waals surface area contributed by atoms with Crippen molar-refractivity contribution < 1.29 is 17.8 Å². The summed E-state index contributed by atoms with van der Waals surface area (Å²) in [5.74, 6) is -0.125.